The summed E-state index contributed by atoms with van der Waals surface area (Å²) in [5.74, 6) is 0.0992. The predicted molar refractivity (Wildman–Crippen MR) is 69.3 cm³/mol. The second-order valence-electron chi connectivity index (χ2n) is 4.32. The molecule has 1 aromatic carbocycles. The van der Waals surface area contributed by atoms with Crippen molar-refractivity contribution in [2.75, 3.05) is 0 Å². The molecule has 0 amide bonds. The maximum absolute atomic E-state index is 13.2. The first-order valence-corrected chi connectivity index (χ1v) is 6.21. The molecule has 19 heavy (non-hydrogen) atoms. The first-order chi connectivity index (χ1) is 9.11. The molecule has 102 valence electrons. The number of ether oxygens (including phenoxy) is 1. The minimum Gasteiger partial charge on any atom is -0.487 e. The summed E-state index contributed by atoms with van der Waals surface area (Å²) in [6, 6.07) is 4.14. The van der Waals surface area contributed by atoms with Crippen LogP contribution in [0, 0.1) is 5.82 Å². The Morgan fingerprint density at radius 1 is 1.47 bits per heavy atom. The standard InChI is InChI=1S/C14H17FN2O2/c1-3-17-9-16-7-12(17)8-19-14-5-4-11(15)6-13(14)10(2)18/h4-7,9-10,18H,3,8H2,1-2H3/t10-/m1/s1. The zero-order chi connectivity index (χ0) is 13.8. The van der Waals surface area contributed by atoms with E-state index in [9.17, 15) is 9.50 Å². The Kier molecular flexibility index (Phi) is 4.16. The van der Waals surface area contributed by atoms with Gasteiger partial charge in [0.1, 0.15) is 18.2 Å². The number of aliphatic hydroxyl groups excluding tert-OH is 1. The van der Waals surface area contributed by atoms with Crippen LogP contribution in [0.1, 0.15) is 31.2 Å². The molecule has 5 heteroatoms. The van der Waals surface area contributed by atoms with Gasteiger partial charge >= 0.3 is 0 Å². The molecule has 4 nitrogen and oxygen atoms in total. The molecule has 0 radical (unpaired) electrons. The first kappa shape index (κ1) is 13.5. The Morgan fingerprint density at radius 3 is 2.95 bits per heavy atom. The number of benzene rings is 1. The predicted octanol–water partition coefficient (Wildman–Crippen LogP) is 2.67. The quantitative estimate of drug-likeness (QED) is 0.903. The van der Waals surface area contributed by atoms with E-state index >= 15 is 0 Å². The molecule has 0 saturated carbocycles. The first-order valence-electron chi connectivity index (χ1n) is 6.21. The van der Waals surface area contributed by atoms with E-state index in [1.165, 1.54) is 18.2 Å². The summed E-state index contributed by atoms with van der Waals surface area (Å²) in [6.07, 6.45) is 2.69. The molecule has 2 aromatic rings. The second-order valence-corrected chi connectivity index (χ2v) is 4.32. The smallest absolute Gasteiger partial charge is 0.130 e. The van der Waals surface area contributed by atoms with E-state index in [1.54, 1.807) is 19.4 Å². The third-order valence-electron chi connectivity index (χ3n) is 2.94. The molecule has 0 aliphatic heterocycles. The van der Waals surface area contributed by atoms with Gasteiger partial charge in [-0.25, -0.2) is 9.37 Å². The second kappa shape index (κ2) is 5.84. The topological polar surface area (TPSA) is 47.3 Å². The Labute approximate surface area is 111 Å². The van der Waals surface area contributed by atoms with Gasteiger partial charge in [-0.1, -0.05) is 0 Å². The summed E-state index contributed by atoms with van der Waals surface area (Å²) in [5, 5.41) is 9.62. The van der Waals surface area contributed by atoms with Crippen molar-refractivity contribution in [3.63, 3.8) is 0 Å². The molecule has 0 bridgehead atoms. The van der Waals surface area contributed by atoms with Crippen molar-refractivity contribution in [1.82, 2.24) is 9.55 Å². The summed E-state index contributed by atoms with van der Waals surface area (Å²) in [4.78, 5) is 4.05. The van der Waals surface area contributed by atoms with Gasteiger partial charge in [0, 0.05) is 12.1 Å². The fourth-order valence-corrected chi connectivity index (χ4v) is 1.88. The largest absolute Gasteiger partial charge is 0.487 e. The summed E-state index contributed by atoms with van der Waals surface area (Å²) < 4.78 is 20.8. The monoisotopic (exact) mass is 264 g/mol. The summed E-state index contributed by atoms with van der Waals surface area (Å²) in [5.41, 5.74) is 1.38. The highest BCUT2D eigenvalue weighted by atomic mass is 19.1. The van der Waals surface area contributed by atoms with Crippen molar-refractivity contribution >= 4 is 0 Å². The van der Waals surface area contributed by atoms with Crippen LogP contribution < -0.4 is 4.74 Å². The number of hydrogen-bond acceptors (Lipinski definition) is 3. The van der Waals surface area contributed by atoms with E-state index in [2.05, 4.69) is 4.98 Å². The van der Waals surface area contributed by atoms with Gasteiger partial charge in [-0.3, -0.25) is 0 Å². The molecule has 0 spiro atoms. The van der Waals surface area contributed by atoms with Crippen LogP contribution in [-0.4, -0.2) is 14.7 Å². The van der Waals surface area contributed by atoms with Gasteiger partial charge in [-0.2, -0.15) is 0 Å². The fourth-order valence-electron chi connectivity index (χ4n) is 1.88. The number of nitrogens with zero attached hydrogens (tertiary/aromatic N) is 2. The molecule has 1 heterocycles. The molecule has 0 aliphatic carbocycles. The van der Waals surface area contributed by atoms with Crippen LogP contribution in [0.4, 0.5) is 4.39 Å². The average Bonchev–Trinajstić information content (AvgIpc) is 2.84. The van der Waals surface area contributed by atoms with Crippen molar-refractivity contribution in [3.05, 3.63) is 47.8 Å². The number of aromatic nitrogens is 2. The Hall–Kier alpha value is -1.88. The van der Waals surface area contributed by atoms with E-state index in [1.807, 2.05) is 11.5 Å². The highest BCUT2D eigenvalue weighted by Crippen LogP contribution is 2.26. The molecule has 0 aliphatic rings. The van der Waals surface area contributed by atoms with E-state index in [4.69, 9.17) is 4.74 Å². The van der Waals surface area contributed by atoms with Gasteiger partial charge in [0.05, 0.1) is 24.3 Å². The van der Waals surface area contributed by atoms with E-state index in [0.29, 0.717) is 17.9 Å². The molecule has 1 aromatic heterocycles. The van der Waals surface area contributed by atoms with Gasteiger partial charge in [-0.05, 0) is 32.0 Å². The lowest BCUT2D eigenvalue weighted by Crippen LogP contribution is -2.06. The Balaban J connectivity index is 2.15. The third-order valence-corrected chi connectivity index (χ3v) is 2.94. The highest BCUT2D eigenvalue weighted by Gasteiger charge is 2.11. The molecular formula is C14H17FN2O2. The minimum absolute atomic E-state index is 0.333. The zero-order valence-corrected chi connectivity index (χ0v) is 11.0. The molecule has 0 unspecified atom stereocenters. The van der Waals surface area contributed by atoms with Gasteiger partial charge < -0.3 is 14.4 Å². The van der Waals surface area contributed by atoms with Crippen LogP contribution in [0.3, 0.4) is 0 Å². The van der Waals surface area contributed by atoms with Crippen LogP contribution >= 0.6 is 0 Å². The Morgan fingerprint density at radius 2 is 2.26 bits per heavy atom. The number of hydrogen-bond donors (Lipinski definition) is 1. The summed E-state index contributed by atoms with van der Waals surface area (Å²) in [7, 11) is 0. The van der Waals surface area contributed by atoms with Crippen LogP contribution in [-0.2, 0) is 13.2 Å². The number of aryl methyl sites for hydroxylation is 1. The van der Waals surface area contributed by atoms with Crippen LogP contribution in [0.15, 0.2) is 30.7 Å². The van der Waals surface area contributed by atoms with E-state index in [-0.39, 0.29) is 5.82 Å². The van der Waals surface area contributed by atoms with E-state index < -0.39 is 6.10 Å². The number of imidazole rings is 1. The number of rotatable bonds is 5. The van der Waals surface area contributed by atoms with Crippen molar-refractivity contribution in [3.8, 4) is 5.75 Å². The Bertz CT molecular complexity index is 552. The van der Waals surface area contributed by atoms with Crippen molar-refractivity contribution in [2.45, 2.75) is 33.1 Å². The lowest BCUT2D eigenvalue weighted by molar-refractivity contribution is 0.189. The summed E-state index contributed by atoms with van der Waals surface area (Å²) in [6.45, 7) is 4.74. The molecular weight excluding hydrogens is 247 g/mol. The van der Waals surface area contributed by atoms with Gasteiger partial charge in [-0.15, -0.1) is 0 Å². The molecule has 2 rings (SSSR count). The molecule has 1 N–H and O–H groups in total. The van der Waals surface area contributed by atoms with Crippen molar-refractivity contribution < 1.29 is 14.2 Å². The lowest BCUT2D eigenvalue weighted by Gasteiger charge is -2.14. The fraction of sp³-hybridized carbons (Fsp3) is 0.357. The van der Waals surface area contributed by atoms with Gasteiger partial charge in [0.2, 0.25) is 0 Å². The van der Waals surface area contributed by atoms with Gasteiger partial charge in [0.15, 0.2) is 0 Å². The number of halogens is 1. The van der Waals surface area contributed by atoms with Crippen LogP contribution in [0.2, 0.25) is 0 Å². The molecule has 1 atom stereocenters. The van der Waals surface area contributed by atoms with E-state index in [0.717, 1.165) is 12.2 Å². The maximum Gasteiger partial charge on any atom is 0.130 e. The zero-order valence-electron chi connectivity index (χ0n) is 11.0. The van der Waals surface area contributed by atoms with Crippen LogP contribution in [0.5, 0.6) is 5.75 Å². The highest BCUT2D eigenvalue weighted by molar-refractivity contribution is 5.35. The SMILES string of the molecule is CCn1cncc1COc1ccc(F)cc1[C@@H](C)O. The minimum atomic E-state index is -0.776. The number of aliphatic hydroxyl groups is 1. The average molecular weight is 264 g/mol. The van der Waals surface area contributed by atoms with Crippen molar-refractivity contribution in [1.29, 1.82) is 0 Å². The lowest BCUT2D eigenvalue weighted by atomic mass is 10.1. The molecule has 0 saturated heterocycles. The maximum atomic E-state index is 13.2. The van der Waals surface area contributed by atoms with Crippen molar-refractivity contribution in [2.24, 2.45) is 0 Å². The molecule has 0 fully saturated rings. The normalized spacial score (nSPS) is 12.4. The summed E-state index contributed by atoms with van der Waals surface area (Å²) >= 11 is 0. The van der Waals surface area contributed by atoms with Gasteiger partial charge in [0.25, 0.3) is 0 Å². The third kappa shape index (κ3) is 3.12. The van der Waals surface area contributed by atoms with Crippen LogP contribution in [0.25, 0.3) is 0 Å².